The van der Waals surface area contributed by atoms with E-state index in [9.17, 15) is 4.79 Å². The van der Waals surface area contributed by atoms with E-state index in [0.29, 0.717) is 12.1 Å². The average Bonchev–Trinajstić information content (AvgIpc) is 3.04. The molecule has 0 fully saturated rings. The highest BCUT2D eigenvalue weighted by atomic mass is 32.2. The summed E-state index contributed by atoms with van der Waals surface area (Å²) < 4.78 is 1.08. The van der Waals surface area contributed by atoms with Gasteiger partial charge in [0.25, 0.3) is 5.91 Å². The fourth-order valence-corrected chi connectivity index (χ4v) is 3.89. The third kappa shape index (κ3) is 4.66. The van der Waals surface area contributed by atoms with Crippen LogP contribution in [0.2, 0.25) is 0 Å². The Bertz CT molecular complexity index is 801. The second kappa shape index (κ2) is 8.08. The second-order valence-corrected chi connectivity index (χ2v) is 7.36. The van der Waals surface area contributed by atoms with E-state index in [2.05, 4.69) is 20.7 Å². The predicted octanol–water partition coefficient (Wildman–Crippen LogP) is 4.07. The lowest BCUT2D eigenvalue weighted by molar-refractivity contribution is 0.0951. The molecule has 2 aromatic heterocycles. The van der Waals surface area contributed by atoms with E-state index in [0.717, 1.165) is 21.3 Å². The third-order valence-corrected chi connectivity index (χ3v) is 5.59. The zero-order chi connectivity index (χ0) is 16.8. The van der Waals surface area contributed by atoms with Crippen LogP contribution in [0.3, 0.4) is 0 Å². The van der Waals surface area contributed by atoms with E-state index in [1.165, 1.54) is 5.56 Å². The summed E-state index contributed by atoms with van der Waals surface area (Å²) in [6.45, 7) is 2.50. The average molecular weight is 355 g/mol. The van der Waals surface area contributed by atoms with Crippen molar-refractivity contribution in [2.24, 2.45) is 0 Å². The van der Waals surface area contributed by atoms with Gasteiger partial charge in [-0.05, 0) is 42.3 Å². The minimum absolute atomic E-state index is 0.0680. The zero-order valence-electron chi connectivity index (χ0n) is 13.2. The first-order valence-electron chi connectivity index (χ1n) is 7.52. The number of thiazole rings is 1. The van der Waals surface area contributed by atoms with E-state index in [1.54, 1.807) is 35.5 Å². The molecule has 0 bridgehead atoms. The molecule has 0 aliphatic rings. The molecule has 1 N–H and O–H groups in total. The van der Waals surface area contributed by atoms with Crippen LogP contribution < -0.4 is 5.32 Å². The molecule has 0 spiro atoms. The Balaban J connectivity index is 1.52. The number of nitrogens with one attached hydrogen (secondary N) is 1. The van der Waals surface area contributed by atoms with Crippen LogP contribution in [-0.4, -0.2) is 15.9 Å². The topological polar surface area (TPSA) is 54.9 Å². The van der Waals surface area contributed by atoms with E-state index >= 15 is 0 Å². The molecule has 6 heteroatoms. The molecule has 4 nitrogen and oxygen atoms in total. The van der Waals surface area contributed by atoms with Gasteiger partial charge in [-0.2, -0.15) is 0 Å². The molecule has 0 unspecified atom stereocenters. The van der Waals surface area contributed by atoms with Gasteiger partial charge < -0.3 is 5.32 Å². The molecular formula is C18H17N3OS2. The number of benzene rings is 1. The monoisotopic (exact) mass is 355 g/mol. The van der Waals surface area contributed by atoms with Crippen LogP contribution in [-0.2, 0) is 12.3 Å². The summed E-state index contributed by atoms with van der Waals surface area (Å²) in [5.41, 5.74) is 3.94. The van der Waals surface area contributed by atoms with Crippen LogP contribution >= 0.6 is 23.1 Å². The molecule has 1 aromatic carbocycles. The molecule has 0 saturated heterocycles. The molecular weight excluding hydrogens is 338 g/mol. The number of rotatable bonds is 6. The van der Waals surface area contributed by atoms with Gasteiger partial charge in [-0.3, -0.25) is 9.78 Å². The Labute approximate surface area is 149 Å². The van der Waals surface area contributed by atoms with Crippen LogP contribution in [0.4, 0.5) is 0 Å². The fourth-order valence-electron chi connectivity index (χ4n) is 2.08. The normalized spacial score (nSPS) is 10.5. The highest BCUT2D eigenvalue weighted by molar-refractivity contribution is 8.00. The zero-order valence-corrected chi connectivity index (χ0v) is 14.9. The smallest absolute Gasteiger partial charge is 0.251 e. The SMILES string of the molecule is Cc1csc(SCc2ccc(C(=O)NCc3ccncc3)cc2)n1. The summed E-state index contributed by atoms with van der Waals surface area (Å²) >= 11 is 3.38. The molecule has 2 heterocycles. The van der Waals surface area contributed by atoms with Crippen molar-refractivity contribution in [1.29, 1.82) is 0 Å². The van der Waals surface area contributed by atoms with E-state index in [4.69, 9.17) is 0 Å². The number of aromatic nitrogens is 2. The highest BCUT2D eigenvalue weighted by Gasteiger charge is 2.06. The van der Waals surface area contributed by atoms with Crippen molar-refractivity contribution in [3.05, 3.63) is 76.6 Å². The number of carbonyl (C=O) groups excluding carboxylic acids is 1. The van der Waals surface area contributed by atoms with Gasteiger partial charge in [-0.25, -0.2) is 4.98 Å². The quantitative estimate of drug-likeness (QED) is 0.677. The van der Waals surface area contributed by atoms with Gasteiger partial charge in [0.15, 0.2) is 0 Å². The summed E-state index contributed by atoms with van der Waals surface area (Å²) in [4.78, 5) is 20.6. The van der Waals surface area contributed by atoms with E-state index in [1.807, 2.05) is 43.3 Å². The van der Waals surface area contributed by atoms with Gasteiger partial charge in [-0.15, -0.1) is 11.3 Å². The number of aryl methyl sites for hydroxylation is 1. The van der Waals surface area contributed by atoms with Gasteiger partial charge in [-0.1, -0.05) is 23.9 Å². The number of carbonyl (C=O) groups is 1. The predicted molar refractivity (Wildman–Crippen MR) is 98.3 cm³/mol. The summed E-state index contributed by atoms with van der Waals surface area (Å²) in [7, 11) is 0. The maximum absolute atomic E-state index is 12.2. The largest absolute Gasteiger partial charge is 0.348 e. The van der Waals surface area contributed by atoms with Crippen LogP contribution in [0, 0.1) is 6.92 Å². The maximum Gasteiger partial charge on any atom is 0.251 e. The molecule has 0 radical (unpaired) electrons. The summed E-state index contributed by atoms with van der Waals surface area (Å²) in [5, 5.41) is 4.97. The number of thioether (sulfide) groups is 1. The Morgan fingerprint density at radius 2 is 1.88 bits per heavy atom. The molecule has 3 aromatic rings. The lowest BCUT2D eigenvalue weighted by Gasteiger charge is -2.06. The van der Waals surface area contributed by atoms with E-state index < -0.39 is 0 Å². The summed E-state index contributed by atoms with van der Waals surface area (Å²) in [6.07, 6.45) is 3.44. The number of pyridine rings is 1. The van der Waals surface area contributed by atoms with Crippen molar-refractivity contribution in [2.75, 3.05) is 0 Å². The van der Waals surface area contributed by atoms with Crippen molar-refractivity contribution in [3.63, 3.8) is 0 Å². The van der Waals surface area contributed by atoms with Gasteiger partial charge >= 0.3 is 0 Å². The standard InChI is InChI=1S/C18H17N3OS2/c1-13-11-23-18(21-13)24-12-15-2-4-16(5-3-15)17(22)20-10-14-6-8-19-9-7-14/h2-9,11H,10,12H2,1H3,(H,20,22). The minimum atomic E-state index is -0.0680. The highest BCUT2D eigenvalue weighted by Crippen LogP contribution is 2.26. The lowest BCUT2D eigenvalue weighted by atomic mass is 10.1. The molecule has 0 saturated carbocycles. The van der Waals surface area contributed by atoms with Crippen molar-refractivity contribution in [3.8, 4) is 0 Å². The van der Waals surface area contributed by atoms with Crippen molar-refractivity contribution in [1.82, 2.24) is 15.3 Å². The van der Waals surface area contributed by atoms with Gasteiger partial charge in [0.1, 0.15) is 4.34 Å². The van der Waals surface area contributed by atoms with Crippen LogP contribution in [0.1, 0.15) is 27.2 Å². The van der Waals surface area contributed by atoms with Gasteiger partial charge in [0, 0.05) is 41.3 Å². The summed E-state index contributed by atoms with van der Waals surface area (Å²) in [5.74, 6) is 0.785. The Morgan fingerprint density at radius 1 is 1.12 bits per heavy atom. The van der Waals surface area contributed by atoms with Crippen LogP contribution in [0.25, 0.3) is 0 Å². The number of hydrogen-bond donors (Lipinski definition) is 1. The molecule has 3 rings (SSSR count). The summed E-state index contributed by atoms with van der Waals surface area (Å²) in [6, 6.07) is 11.5. The Hall–Kier alpha value is -2.18. The Morgan fingerprint density at radius 3 is 2.54 bits per heavy atom. The van der Waals surface area contributed by atoms with Gasteiger partial charge in [0.05, 0.1) is 0 Å². The first kappa shape index (κ1) is 16.7. The van der Waals surface area contributed by atoms with Crippen LogP contribution in [0.5, 0.6) is 0 Å². The molecule has 24 heavy (non-hydrogen) atoms. The Kier molecular flexibility index (Phi) is 5.61. The third-order valence-electron chi connectivity index (χ3n) is 3.38. The second-order valence-electron chi connectivity index (χ2n) is 5.28. The first-order chi connectivity index (χ1) is 11.7. The molecule has 0 atom stereocenters. The van der Waals surface area contributed by atoms with Gasteiger partial charge in [0.2, 0.25) is 0 Å². The van der Waals surface area contributed by atoms with E-state index in [-0.39, 0.29) is 5.91 Å². The maximum atomic E-state index is 12.2. The molecule has 122 valence electrons. The van der Waals surface area contributed by atoms with Crippen molar-refractivity contribution < 1.29 is 4.79 Å². The fraction of sp³-hybridized carbons (Fsp3) is 0.167. The number of nitrogens with zero attached hydrogens (tertiary/aromatic N) is 2. The van der Waals surface area contributed by atoms with Crippen LogP contribution in [0.15, 0.2) is 58.5 Å². The number of amides is 1. The van der Waals surface area contributed by atoms with Crippen molar-refractivity contribution in [2.45, 2.75) is 23.6 Å². The first-order valence-corrected chi connectivity index (χ1v) is 9.38. The lowest BCUT2D eigenvalue weighted by Crippen LogP contribution is -2.22. The minimum Gasteiger partial charge on any atom is -0.348 e. The molecule has 0 aliphatic heterocycles. The van der Waals surface area contributed by atoms with Crippen molar-refractivity contribution >= 4 is 29.0 Å². The molecule has 1 amide bonds. The molecule has 0 aliphatic carbocycles. The number of hydrogen-bond acceptors (Lipinski definition) is 5.